The van der Waals surface area contributed by atoms with Crippen molar-refractivity contribution in [3.63, 3.8) is 0 Å². The standard InChI is InChI=1S/C8H9BrO4S2/c9-6-3-7(14-4-6)5-15(12,13)2-1-8(10)11/h3-4H,1-2,5H2,(H,10,11). The molecular formula is C8H9BrO4S2. The third-order valence-corrected chi connectivity index (χ3v) is 5.07. The van der Waals surface area contributed by atoms with Crippen LogP contribution in [0.5, 0.6) is 0 Å². The molecule has 0 aliphatic heterocycles. The van der Waals surface area contributed by atoms with Crippen molar-refractivity contribution in [3.05, 3.63) is 20.8 Å². The third kappa shape index (κ3) is 4.76. The topological polar surface area (TPSA) is 71.4 Å². The molecule has 0 unspecified atom stereocenters. The number of hydrogen-bond donors (Lipinski definition) is 1. The normalized spacial score (nSPS) is 11.5. The van der Waals surface area contributed by atoms with Crippen molar-refractivity contribution in [3.8, 4) is 0 Å². The number of carboxylic acid groups (broad SMARTS) is 1. The van der Waals surface area contributed by atoms with E-state index in [9.17, 15) is 13.2 Å². The van der Waals surface area contributed by atoms with Crippen molar-refractivity contribution < 1.29 is 18.3 Å². The second-order valence-corrected chi connectivity index (χ2v) is 7.06. The highest BCUT2D eigenvalue weighted by molar-refractivity contribution is 9.10. The fourth-order valence-corrected chi connectivity index (χ4v) is 4.15. The Morgan fingerprint density at radius 1 is 1.53 bits per heavy atom. The summed E-state index contributed by atoms with van der Waals surface area (Å²) in [5, 5.41) is 10.2. The molecule has 0 radical (unpaired) electrons. The van der Waals surface area contributed by atoms with Gasteiger partial charge in [0.05, 0.1) is 17.9 Å². The van der Waals surface area contributed by atoms with Crippen LogP contribution in [0.4, 0.5) is 0 Å². The Morgan fingerprint density at radius 2 is 2.20 bits per heavy atom. The fraction of sp³-hybridized carbons (Fsp3) is 0.375. The van der Waals surface area contributed by atoms with E-state index in [1.807, 2.05) is 0 Å². The summed E-state index contributed by atoms with van der Waals surface area (Å²) >= 11 is 4.56. The molecule has 84 valence electrons. The maximum Gasteiger partial charge on any atom is 0.304 e. The summed E-state index contributed by atoms with van der Waals surface area (Å²) in [6.07, 6.45) is -0.338. The van der Waals surface area contributed by atoms with Gasteiger partial charge in [-0.3, -0.25) is 4.79 Å². The lowest BCUT2D eigenvalue weighted by atomic mass is 10.5. The molecule has 0 aliphatic carbocycles. The molecule has 0 bridgehead atoms. The molecule has 0 aliphatic rings. The summed E-state index contributed by atoms with van der Waals surface area (Å²) in [5.74, 6) is -1.49. The highest BCUT2D eigenvalue weighted by Gasteiger charge is 2.15. The molecule has 15 heavy (non-hydrogen) atoms. The summed E-state index contributed by atoms with van der Waals surface area (Å²) in [6, 6.07) is 1.73. The van der Waals surface area contributed by atoms with Gasteiger partial charge in [0.15, 0.2) is 9.84 Å². The van der Waals surface area contributed by atoms with E-state index >= 15 is 0 Å². The highest BCUT2D eigenvalue weighted by Crippen LogP contribution is 2.21. The lowest BCUT2D eigenvalue weighted by Crippen LogP contribution is -2.12. The average molecular weight is 313 g/mol. The third-order valence-electron chi connectivity index (χ3n) is 1.61. The second kappa shape index (κ2) is 5.09. The molecule has 4 nitrogen and oxygen atoms in total. The van der Waals surface area contributed by atoms with Crippen molar-refractivity contribution in [1.29, 1.82) is 0 Å². The second-order valence-electron chi connectivity index (χ2n) is 2.97. The van der Waals surface area contributed by atoms with E-state index in [0.29, 0.717) is 4.88 Å². The van der Waals surface area contributed by atoms with Gasteiger partial charge >= 0.3 is 5.97 Å². The summed E-state index contributed by atoms with van der Waals surface area (Å²) in [5.41, 5.74) is 0. The minimum absolute atomic E-state index is 0.0868. The fourth-order valence-electron chi connectivity index (χ4n) is 0.961. The van der Waals surface area contributed by atoms with Crippen molar-refractivity contribution >= 4 is 43.1 Å². The molecule has 1 N–H and O–H groups in total. The first-order valence-corrected chi connectivity index (χ1v) is 7.53. The predicted octanol–water partition coefficient (Wildman–Crippen LogP) is 1.90. The lowest BCUT2D eigenvalue weighted by molar-refractivity contribution is -0.136. The van der Waals surface area contributed by atoms with Gasteiger partial charge in [0.25, 0.3) is 0 Å². The van der Waals surface area contributed by atoms with Crippen LogP contribution >= 0.6 is 27.3 Å². The Morgan fingerprint density at radius 3 is 2.67 bits per heavy atom. The monoisotopic (exact) mass is 312 g/mol. The summed E-state index contributed by atoms with van der Waals surface area (Å²) < 4.78 is 23.7. The van der Waals surface area contributed by atoms with Crippen molar-refractivity contribution in [2.45, 2.75) is 12.2 Å². The number of sulfone groups is 1. The van der Waals surface area contributed by atoms with Crippen LogP contribution in [0.25, 0.3) is 0 Å². The number of rotatable bonds is 5. The molecule has 0 saturated carbocycles. The van der Waals surface area contributed by atoms with Gasteiger partial charge in [0.1, 0.15) is 0 Å². The maximum atomic E-state index is 11.4. The van der Waals surface area contributed by atoms with Crippen LogP contribution in [0.2, 0.25) is 0 Å². The molecule has 7 heteroatoms. The molecule has 0 aromatic carbocycles. The van der Waals surface area contributed by atoms with Crippen molar-refractivity contribution in [2.24, 2.45) is 0 Å². The van der Waals surface area contributed by atoms with Crippen LogP contribution in [0.15, 0.2) is 15.9 Å². The number of thiophene rings is 1. The van der Waals surface area contributed by atoms with Gasteiger partial charge in [-0.15, -0.1) is 11.3 Å². The molecule has 0 fully saturated rings. The van der Waals surface area contributed by atoms with Crippen LogP contribution in [0.3, 0.4) is 0 Å². The quantitative estimate of drug-likeness (QED) is 0.901. The molecule has 1 rings (SSSR count). The van der Waals surface area contributed by atoms with E-state index in [4.69, 9.17) is 5.11 Å². The minimum atomic E-state index is -3.31. The smallest absolute Gasteiger partial charge is 0.304 e. The Balaban J connectivity index is 2.60. The Kier molecular flexibility index (Phi) is 4.30. The Labute approximate surface area is 100.0 Å². The SMILES string of the molecule is O=C(O)CCS(=O)(=O)Cc1cc(Br)cs1. The van der Waals surface area contributed by atoms with Crippen LogP contribution in [-0.4, -0.2) is 25.2 Å². The predicted molar refractivity (Wildman–Crippen MR) is 61.8 cm³/mol. The largest absolute Gasteiger partial charge is 0.481 e. The minimum Gasteiger partial charge on any atom is -0.481 e. The number of aliphatic carboxylic acids is 1. The maximum absolute atomic E-state index is 11.4. The van der Waals surface area contributed by atoms with Gasteiger partial charge in [0, 0.05) is 14.7 Å². The van der Waals surface area contributed by atoms with Gasteiger partial charge in [0.2, 0.25) is 0 Å². The number of carboxylic acids is 1. The Hall–Kier alpha value is -0.400. The summed E-state index contributed by atoms with van der Waals surface area (Å²) in [6.45, 7) is 0. The van der Waals surface area contributed by atoms with E-state index in [1.165, 1.54) is 11.3 Å². The first-order valence-electron chi connectivity index (χ1n) is 4.04. The highest BCUT2D eigenvalue weighted by atomic mass is 79.9. The van der Waals surface area contributed by atoms with Gasteiger partial charge in [-0.1, -0.05) is 0 Å². The van der Waals surface area contributed by atoms with Crippen LogP contribution < -0.4 is 0 Å². The van der Waals surface area contributed by atoms with Crippen LogP contribution in [0, 0.1) is 0 Å². The zero-order valence-electron chi connectivity index (χ0n) is 7.64. The number of halogens is 1. The van der Waals surface area contributed by atoms with Crippen molar-refractivity contribution in [1.82, 2.24) is 0 Å². The van der Waals surface area contributed by atoms with Crippen molar-refractivity contribution in [2.75, 3.05) is 5.75 Å². The van der Waals surface area contributed by atoms with Gasteiger partial charge < -0.3 is 5.11 Å². The Bertz CT molecular complexity index is 449. The molecule has 1 heterocycles. The molecule has 0 amide bonds. The molecule has 1 aromatic heterocycles. The van der Waals surface area contributed by atoms with Gasteiger partial charge in [-0.2, -0.15) is 0 Å². The first-order chi connectivity index (χ1) is 6.89. The molecule has 0 atom stereocenters. The van der Waals surface area contributed by atoms with Crippen LogP contribution in [-0.2, 0) is 20.4 Å². The zero-order chi connectivity index (χ0) is 11.5. The zero-order valence-corrected chi connectivity index (χ0v) is 10.9. The molecular weight excluding hydrogens is 304 g/mol. The molecule has 0 saturated heterocycles. The number of hydrogen-bond acceptors (Lipinski definition) is 4. The summed E-state index contributed by atoms with van der Waals surface area (Å²) in [7, 11) is -3.31. The van der Waals surface area contributed by atoms with E-state index in [2.05, 4.69) is 15.9 Å². The van der Waals surface area contributed by atoms with Gasteiger partial charge in [-0.05, 0) is 22.0 Å². The van der Waals surface area contributed by atoms with E-state index in [-0.39, 0.29) is 17.9 Å². The van der Waals surface area contributed by atoms with E-state index in [0.717, 1.165) is 4.47 Å². The number of carbonyl (C=O) groups is 1. The van der Waals surface area contributed by atoms with Crippen LogP contribution in [0.1, 0.15) is 11.3 Å². The first kappa shape index (κ1) is 12.7. The lowest BCUT2D eigenvalue weighted by Gasteiger charge is -1.99. The molecule has 0 spiro atoms. The van der Waals surface area contributed by atoms with Gasteiger partial charge in [-0.25, -0.2) is 8.42 Å². The van der Waals surface area contributed by atoms with E-state index < -0.39 is 15.8 Å². The average Bonchev–Trinajstić information content (AvgIpc) is 2.47. The summed E-state index contributed by atoms with van der Waals surface area (Å²) in [4.78, 5) is 10.9. The van der Waals surface area contributed by atoms with E-state index in [1.54, 1.807) is 11.4 Å². The molecule has 1 aromatic rings.